The third-order valence-electron chi connectivity index (χ3n) is 10.7. The molecule has 0 aromatic heterocycles. The molecule has 4 aliphatic rings. The van der Waals surface area contributed by atoms with Crippen LogP contribution in [-0.4, -0.2) is 63.4 Å². The van der Waals surface area contributed by atoms with Gasteiger partial charge in [0, 0.05) is 29.5 Å². The second-order valence-corrected chi connectivity index (χ2v) is 13.5. The molecule has 2 saturated heterocycles. The van der Waals surface area contributed by atoms with Gasteiger partial charge in [-0.1, -0.05) is 47.5 Å². The first-order chi connectivity index (χ1) is 24.0. The lowest BCUT2D eigenvalue weighted by Gasteiger charge is -2.50. The number of nitrogens with zero attached hydrogens (tertiary/aromatic N) is 2. The zero-order chi connectivity index (χ0) is 35.5. The fourth-order valence-corrected chi connectivity index (χ4v) is 8.74. The van der Waals surface area contributed by atoms with Crippen molar-refractivity contribution in [2.75, 3.05) is 19.1 Å². The second-order valence-electron chi connectivity index (χ2n) is 13.1. The number of carboxylic acid groups (broad SMARTS) is 1. The number of rotatable bonds is 9. The third-order valence-corrected chi connectivity index (χ3v) is 10.9. The highest BCUT2D eigenvalue weighted by atomic mass is 35.5. The van der Waals surface area contributed by atoms with Gasteiger partial charge in [0.2, 0.25) is 11.8 Å². The Hall–Kier alpha value is -5.23. The Morgan fingerprint density at radius 1 is 1.00 bits per heavy atom. The average Bonchev–Trinajstić information content (AvgIpc) is 3.47. The van der Waals surface area contributed by atoms with Gasteiger partial charge in [0.05, 0.1) is 36.0 Å². The van der Waals surface area contributed by atoms with Gasteiger partial charge in [-0.2, -0.15) is 5.01 Å². The Balaban J connectivity index is 1.42. The van der Waals surface area contributed by atoms with Crippen molar-refractivity contribution < 1.29 is 43.3 Å². The molecule has 0 bridgehead atoms. The SMILES string of the molecule is COc1cccc(C2C3=CCC4C(=O)N(CCCC(=O)O)C(=O)C4C3CC3C(=O)N(Nc4ccc(F)cc4)C(=O)C32c2ccc(Cl)cc2)c1O. The lowest BCUT2D eigenvalue weighted by Crippen LogP contribution is -2.53. The van der Waals surface area contributed by atoms with Crippen LogP contribution in [0.15, 0.2) is 78.4 Å². The van der Waals surface area contributed by atoms with Crippen LogP contribution < -0.4 is 10.2 Å². The Morgan fingerprint density at radius 3 is 2.40 bits per heavy atom. The summed E-state index contributed by atoms with van der Waals surface area (Å²) < 4.78 is 19.3. The molecule has 2 heterocycles. The van der Waals surface area contributed by atoms with E-state index in [2.05, 4.69) is 5.43 Å². The number of phenols is 1. The van der Waals surface area contributed by atoms with Crippen LogP contribution >= 0.6 is 11.6 Å². The van der Waals surface area contributed by atoms with Crippen molar-refractivity contribution in [2.24, 2.45) is 23.7 Å². The summed E-state index contributed by atoms with van der Waals surface area (Å²) in [6.45, 7) is -0.0515. The summed E-state index contributed by atoms with van der Waals surface area (Å²) in [5.74, 6) is -8.12. The van der Waals surface area contributed by atoms with Gasteiger partial charge in [0.15, 0.2) is 11.5 Å². The number of imide groups is 2. The fraction of sp³-hybridized carbons (Fsp3) is 0.324. The fourth-order valence-electron chi connectivity index (χ4n) is 8.61. The number of aliphatic carboxylic acids is 1. The van der Waals surface area contributed by atoms with Gasteiger partial charge in [0.25, 0.3) is 11.8 Å². The van der Waals surface area contributed by atoms with E-state index in [-0.39, 0.29) is 49.4 Å². The summed E-state index contributed by atoms with van der Waals surface area (Å²) in [5, 5.41) is 22.2. The van der Waals surface area contributed by atoms with Crippen molar-refractivity contribution in [1.82, 2.24) is 9.91 Å². The molecule has 4 amide bonds. The second kappa shape index (κ2) is 12.6. The number of amides is 4. The molecule has 1 saturated carbocycles. The number of methoxy groups -OCH3 is 1. The molecule has 3 aromatic carbocycles. The van der Waals surface area contributed by atoms with Crippen LogP contribution in [0.1, 0.15) is 42.7 Å². The van der Waals surface area contributed by atoms with E-state index in [1.807, 2.05) is 6.08 Å². The number of carboxylic acids is 1. The number of anilines is 1. The lowest BCUT2D eigenvalue weighted by atomic mass is 9.49. The standard InChI is InChI=1S/C37H33ClFN3O8/c1-50-28-5-2-4-25(32(28)45)31-23-15-16-24-30(35(48)41(33(24)46)17-3-6-29(43)44)26(23)18-27-34(47)42(40-22-13-11-21(39)12-14-22)36(49)37(27,31)19-7-9-20(38)10-8-19/h2,4-5,7-15,24,26-27,30-31,40,45H,3,6,16-18H2,1H3,(H,43,44). The Labute approximate surface area is 291 Å². The summed E-state index contributed by atoms with van der Waals surface area (Å²) in [7, 11) is 1.39. The molecule has 7 rings (SSSR count). The highest BCUT2D eigenvalue weighted by molar-refractivity contribution is 6.30. The molecule has 0 radical (unpaired) electrons. The number of carbonyl (C=O) groups is 5. The van der Waals surface area contributed by atoms with E-state index in [4.69, 9.17) is 21.4 Å². The Morgan fingerprint density at radius 2 is 1.72 bits per heavy atom. The minimum atomic E-state index is -1.67. The third kappa shape index (κ3) is 5.03. The van der Waals surface area contributed by atoms with Gasteiger partial charge in [0.1, 0.15) is 5.82 Å². The quantitative estimate of drug-likeness (QED) is 0.206. The number of hydrazine groups is 1. The number of halogens is 2. The molecule has 0 spiro atoms. The van der Waals surface area contributed by atoms with Crippen molar-refractivity contribution in [3.63, 3.8) is 0 Å². The summed E-state index contributed by atoms with van der Waals surface area (Å²) in [5.41, 5.74) is 2.86. The number of carbonyl (C=O) groups excluding carboxylic acids is 4. The van der Waals surface area contributed by atoms with E-state index in [0.29, 0.717) is 21.7 Å². The lowest BCUT2D eigenvalue weighted by molar-refractivity contribution is -0.142. The first-order valence-corrected chi connectivity index (χ1v) is 16.7. The van der Waals surface area contributed by atoms with Crippen molar-refractivity contribution >= 4 is 46.9 Å². The van der Waals surface area contributed by atoms with Gasteiger partial charge in [-0.05, 0) is 73.2 Å². The van der Waals surface area contributed by atoms with Crippen LogP contribution in [0, 0.1) is 29.5 Å². The van der Waals surface area contributed by atoms with Crippen LogP contribution in [0.25, 0.3) is 0 Å². The smallest absolute Gasteiger partial charge is 0.303 e. The highest BCUT2D eigenvalue weighted by Gasteiger charge is 2.70. The number of phenolic OH excluding ortho intramolecular Hbond substituents is 1. The van der Waals surface area contributed by atoms with Crippen LogP contribution in [0.5, 0.6) is 11.5 Å². The van der Waals surface area contributed by atoms with Crippen molar-refractivity contribution in [1.29, 1.82) is 0 Å². The molecule has 3 N–H and O–H groups in total. The van der Waals surface area contributed by atoms with E-state index in [0.717, 1.165) is 9.91 Å². The molecule has 2 aliphatic heterocycles. The number of hydrogen-bond donors (Lipinski definition) is 3. The number of hydrogen-bond acceptors (Lipinski definition) is 8. The average molecular weight is 702 g/mol. The first-order valence-electron chi connectivity index (χ1n) is 16.3. The minimum Gasteiger partial charge on any atom is -0.504 e. The predicted octanol–water partition coefficient (Wildman–Crippen LogP) is 5.04. The number of nitrogens with one attached hydrogen (secondary N) is 1. The monoisotopic (exact) mass is 701 g/mol. The van der Waals surface area contributed by atoms with Gasteiger partial charge >= 0.3 is 5.97 Å². The highest BCUT2D eigenvalue weighted by Crippen LogP contribution is 2.65. The largest absolute Gasteiger partial charge is 0.504 e. The first kappa shape index (κ1) is 33.3. The maximum absolute atomic E-state index is 15.1. The maximum atomic E-state index is 15.1. The van der Waals surface area contributed by atoms with Crippen LogP contribution in [0.3, 0.4) is 0 Å². The molecule has 11 nitrogen and oxygen atoms in total. The summed E-state index contributed by atoms with van der Waals surface area (Å²) in [6, 6.07) is 16.6. The number of fused-ring (bicyclic) bond motifs is 4. The molecule has 6 unspecified atom stereocenters. The molecule has 2 aliphatic carbocycles. The van der Waals surface area contributed by atoms with Crippen LogP contribution in [-0.2, 0) is 29.4 Å². The molecule has 3 aromatic rings. The maximum Gasteiger partial charge on any atom is 0.303 e. The number of aromatic hydroxyl groups is 1. The number of benzene rings is 3. The summed E-state index contributed by atoms with van der Waals surface area (Å²) >= 11 is 6.31. The minimum absolute atomic E-state index is 0.0189. The van der Waals surface area contributed by atoms with E-state index < -0.39 is 70.4 Å². The van der Waals surface area contributed by atoms with Crippen LogP contribution in [0.2, 0.25) is 5.02 Å². The summed E-state index contributed by atoms with van der Waals surface area (Å²) in [6.07, 6.45) is 1.92. The molecule has 3 fully saturated rings. The van der Waals surface area contributed by atoms with Gasteiger partial charge in [-0.15, -0.1) is 0 Å². The summed E-state index contributed by atoms with van der Waals surface area (Å²) in [4.78, 5) is 69.8. The van der Waals surface area contributed by atoms with Crippen molar-refractivity contribution in [3.8, 4) is 11.5 Å². The van der Waals surface area contributed by atoms with Gasteiger partial charge < -0.3 is 14.9 Å². The predicted molar refractivity (Wildman–Crippen MR) is 177 cm³/mol. The number of ether oxygens (including phenoxy) is 1. The van der Waals surface area contributed by atoms with Crippen molar-refractivity contribution in [2.45, 2.75) is 37.0 Å². The molecule has 258 valence electrons. The zero-order valence-corrected chi connectivity index (χ0v) is 27.6. The normalized spacial score (nSPS) is 27.1. The molecular weight excluding hydrogens is 669 g/mol. The molecule has 6 atom stereocenters. The Bertz CT molecular complexity index is 1950. The van der Waals surface area contributed by atoms with Crippen LogP contribution in [0.4, 0.5) is 10.1 Å². The molecule has 13 heteroatoms. The van der Waals surface area contributed by atoms with Gasteiger partial charge in [-0.25, -0.2) is 4.39 Å². The van der Waals surface area contributed by atoms with E-state index >= 15 is 4.79 Å². The topological polar surface area (TPSA) is 154 Å². The Kier molecular flexibility index (Phi) is 8.37. The van der Waals surface area contributed by atoms with E-state index in [9.17, 15) is 28.7 Å². The van der Waals surface area contributed by atoms with E-state index in [1.165, 1.54) is 31.4 Å². The number of para-hydroxylation sites is 1. The number of allylic oxidation sites excluding steroid dienone is 2. The molecular formula is C37H33ClFN3O8. The molecule has 50 heavy (non-hydrogen) atoms. The number of likely N-dealkylation sites (tertiary alicyclic amines) is 1. The van der Waals surface area contributed by atoms with E-state index in [1.54, 1.807) is 42.5 Å². The van der Waals surface area contributed by atoms with Crippen molar-refractivity contribution in [3.05, 3.63) is 100 Å². The van der Waals surface area contributed by atoms with Gasteiger partial charge in [-0.3, -0.25) is 34.3 Å². The zero-order valence-electron chi connectivity index (χ0n) is 26.8.